The lowest BCUT2D eigenvalue weighted by Crippen LogP contribution is -1.89. The minimum Gasteiger partial charge on any atom is -0.399 e. The van der Waals surface area contributed by atoms with Crippen molar-refractivity contribution in [1.82, 2.24) is 5.32 Å². The number of benzene rings is 1. The fourth-order valence-corrected chi connectivity index (χ4v) is 0.694. The van der Waals surface area contributed by atoms with Gasteiger partial charge in [0.25, 0.3) is 0 Å². The zero-order valence-electron chi connectivity index (χ0n) is 7.89. The summed E-state index contributed by atoms with van der Waals surface area (Å²) in [5.74, 6) is 0. The number of anilines is 2. The number of nitrogens with two attached hydrogens (primary N) is 1. The topological polar surface area (TPSA) is 50.1 Å². The van der Waals surface area contributed by atoms with Gasteiger partial charge < -0.3 is 16.4 Å². The fraction of sp³-hybridized carbons (Fsp3) is 0.333. The quantitative estimate of drug-likeness (QED) is 0.550. The van der Waals surface area contributed by atoms with E-state index in [0.29, 0.717) is 0 Å². The number of nitrogen functional groups attached to an aromatic ring is 1. The van der Waals surface area contributed by atoms with Gasteiger partial charge in [0, 0.05) is 18.4 Å². The van der Waals surface area contributed by atoms with Gasteiger partial charge in [-0.3, -0.25) is 0 Å². The molecule has 0 atom stereocenters. The van der Waals surface area contributed by atoms with Gasteiger partial charge in [-0.15, -0.1) is 0 Å². The molecule has 0 aliphatic carbocycles. The first-order chi connectivity index (χ1) is 5.74. The summed E-state index contributed by atoms with van der Waals surface area (Å²) in [6, 6.07) is 7.64. The van der Waals surface area contributed by atoms with Gasteiger partial charge in [-0.25, -0.2) is 0 Å². The monoisotopic (exact) mass is 167 g/mol. The molecule has 0 saturated carbocycles. The zero-order valence-corrected chi connectivity index (χ0v) is 7.89. The van der Waals surface area contributed by atoms with Crippen molar-refractivity contribution in [3.8, 4) is 0 Å². The Bertz CT molecular complexity index is 211. The summed E-state index contributed by atoms with van der Waals surface area (Å²) in [6.45, 7) is 0. The summed E-state index contributed by atoms with van der Waals surface area (Å²) in [6.07, 6.45) is 0. The Morgan fingerprint density at radius 2 is 1.75 bits per heavy atom. The summed E-state index contributed by atoms with van der Waals surface area (Å²) < 4.78 is 0. The molecule has 4 N–H and O–H groups in total. The van der Waals surface area contributed by atoms with Crippen molar-refractivity contribution in [2.75, 3.05) is 32.2 Å². The Morgan fingerprint density at radius 1 is 1.17 bits per heavy atom. The number of nitrogens with one attached hydrogen (secondary N) is 2. The van der Waals surface area contributed by atoms with Crippen LogP contribution in [0.2, 0.25) is 0 Å². The molecule has 0 unspecified atom stereocenters. The van der Waals surface area contributed by atoms with Crippen LogP contribution in [0.3, 0.4) is 0 Å². The van der Waals surface area contributed by atoms with Crippen molar-refractivity contribution in [3.63, 3.8) is 0 Å². The second-order valence-electron chi connectivity index (χ2n) is 2.38. The molecule has 1 aromatic rings. The van der Waals surface area contributed by atoms with Gasteiger partial charge in [0.1, 0.15) is 0 Å². The molecule has 0 amide bonds. The summed E-state index contributed by atoms with van der Waals surface area (Å²) in [4.78, 5) is 0. The van der Waals surface area contributed by atoms with E-state index in [1.807, 2.05) is 45.4 Å². The van der Waals surface area contributed by atoms with Gasteiger partial charge in [0.15, 0.2) is 0 Å². The summed E-state index contributed by atoms with van der Waals surface area (Å²) in [7, 11) is 5.62. The highest BCUT2D eigenvalue weighted by molar-refractivity contribution is 5.53. The van der Waals surface area contributed by atoms with Gasteiger partial charge in [-0.1, -0.05) is 6.07 Å². The average molecular weight is 167 g/mol. The van der Waals surface area contributed by atoms with Crippen LogP contribution in [-0.4, -0.2) is 21.1 Å². The normalized spacial score (nSPS) is 8.25. The molecule has 1 aromatic carbocycles. The van der Waals surface area contributed by atoms with E-state index in [9.17, 15) is 0 Å². The maximum absolute atomic E-state index is 5.49. The van der Waals surface area contributed by atoms with Crippen LogP contribution >= 0.6 is 0 Å². The van der Waals surface area contributed by atoms with Gasteiger partial charge in [0.05, 0.1) is 0 Å². The molecule has 0 aliphatic rings. The first kappa shape index (κ1) is 10.8. The molecular formula is C9H17N3. The summed E-state index contributed by atoms with van der Waals surface area (Å²) in [5, 5.41) is 5.74. The number of hydrogen-bond donors (Lipinski definition) is 3. The Labute approximate surface area is 74.0 Å². The lowest BCUT2D eigenvalue weighted by Gasteiger charge is -1.98. The molecular weight excluding hydrogens is 150 g/mol. The molecule has 0 spiro atoms. The molecule has 1 rings (SSSR count). The molecule has 0 radical (unpaired) electrons. The minimum atomic E-state index is 0.793. The SMILES string of the molecule is CNC.CNc1cccc(N)c1. The van der Waals surface area contributed by atoms with Crippen molar-refractivity contribution < 1.29 is 0 Å². The van der Waals surface area contributed by atoms with Crippen LogP contribution in [0.25, 0.3) is 0 Å². The lowest BCUT2D eigenvalue weighted by molar-refractivity contribution is 1.02. The van der Waals surface area contributed by atoms with E-state index in [1.54, 1.807) is 0 Å². The first-order valence-electron chi connectivity index (χ1n) is 3.86. The van der Waals surface area contributed by atoms with Crippen LogP contribution in [0.5, 0.6) is 0 Å². The average Bonchev–Trinajstić information content (AvgIpc) is 2.06. The third-order valence-corrected chi connectivity index (χ3v) is 1.18. The van der Waals surface area contributed by atoms with E-state index in [2.05, 4.69) is 10.6 Å². The van der Waals surface area contributed by atoms with E-state index in [0.717, 1.165) is 11.4 Å². The maximum Gasteiger partial charge on any atom is 0.0358 e. The Morgan fingerprint density at radius 3 is 2.08 bits per heavy atom. The molecule has 3 nitrogen and oxygen atoms in total. The maximum atomic E-state index is 5.49. The fourth-order valence-electron chi connectivity index (χ4n) is 0.694. The smallest absolute Gasteiger partial charge is 0.0358 e. The predicted octanol–water partition coefficient (Wildman–Crippen LogP) is 1.15. The molecule has 0 fully saturated rings. The summed E-state index contributed by atoms with van der Waals surface area (Å²) in [5.41, 5.74) is 7.34. The van der Waals surface area contributed by atoms with Crippen molar-refractivity contribution in [2.45, 2.75) is 0 Å². The van der Waals surface area contributed by atoms with E-state index >= 15 is 0 Å². The number of hydrogen-bond acceptors (Lipinski definition) is 3. The van der Waals surface area contributed by atoms with Crippen LogP contribution in [0.4, 0.5) is 11.4 Å². The second kappa shape index (κ2) is 6.49. The number of rotatable bonds is 1. The second-order valence-corrected chi connectivity index (χ2v) is 2.38. The van der Waals surface area contributed by atoms with Crippen LogP contribution in [0.1, 0.15) is 0 Å². The molecule has 3 heteroatoms. The molecule has 0 heterocycles. The van der Waals surface area contributed by atoms with E-state index in [4.69, 9.17) is 5.73 Å². The van der Waals surface area contributed by atoms with E-state index in [1.165, 1.54) is 0 Å². The standard InChI is InChI=1S/C7H10N2.C2H7N/c1-9-7-4-2-3-6(8)5-7;1-3-2/h2-5,9H,8H2,1H3;3H,1-2H3. The van der Waals surface area contributed by atoms with E-state index in [-0.39, 0.29) is 0 Å². The van der Waals surface area contributed by atoms with Crippen molar-refractivity contribution in [3.05, 3.63) is 24.3 Å². The lowest BCUT2D eigenvalue weighted by atomic mass is 10.3. The van der Waals surface area contributed by atoms with Crippen molar-refractivity contribution in [1.29, 1.82) is 0 Å². The third kappa shape index (κ3) is 4.57. The van der Waals surface area contributed by atoms with Gasteiger partial charge in [0.2, 0.25) is 0 Å². The molecule has 0 aromatic heterocycles. The molecule has 0 bridgehead atoms. The molecule has 0 aliphatic heterocycles. The van der Waals surface area contributed by atoms with Crippen LogP contribution in [0, 0.1) is 0 Å². The highest BCUT2D eigenvalue weighted by Crippen LogP contribution is 2.09. The molecule has 68 valence electrons. The van der Waals surface area contributed by atoms with Gasteiger partial charge in [-0.05, 0) is 32.3 Å². The van der Waals surface area contributed by atoms with Crippen molar-refractivity contribution >= 4 is 11.4 Å². The van der Waals surface area contributed by atoms with Gasteiger partial charge >= 0.3 is 0 Å². The predicted molar refractivity (Wildman–Crippen MR) is 55.4 cm³/mol. The van der Waals surface area contributed by atoms with E-state index < -0.39 is 0 Å². The molecule has 0 saturated heterocycles. The van der Waals surface area contributed by atoms with Crippen LogP contribution < -0.4 is 16.4 Å². The summed E-state index contributed by atoms with van der Waals surface area (Å²) >= 11 is 0. The Hall–Kier alpha value is -1.22. The first-order valence-corrected chi connectivity index (χ1v) is 3.86. The largest absolute Gasteiger partial charge is 0.399 e. The minimum absolute atomic E-state index is 0.793. The zero-order chi connectivity index (χ0) is 9.40. The highest BCUT2D eigenvalue weighted by atomic mass is 14.8. The Kier molecular flexibility index (Phi) is 5.83. The van der Waals surface area contributed by atoms with Crippen LogP contribution in [-0.2, 0) is 0 Å². The van der Waals surface area contributed by atoms with Crippen molar-refractivity contribution in [2.24, 2.45) is 0 Å². The Balaban J connectivity index is 0.000000354. The van der Waals surface area contributed by atoms with Gasteiger partial charge in [-0.2, -0.15) is 0 Å². The third-order valence-electron chi connectivity index (χ3n) is 1.18. The molecule has 12 heavy (non-hydrogen) atoms. The highest BCUT2D eigenvalue weighted by Gasteiger charge is 1.85. The van der Waals surface area contributed by atoms with Crippen LogP contribution in [0.15, 0.2) is 24.3 Å².